The Kier molecular flexibility index (Phi) is 7.61. The third-order valence-corrected chi connectivity index (χ3v) is 5.05. The zero-order chi connectivity index (χ0) is 25.9. The van der Waals surface area contributed by atoms with Crippen molar-refractivity contribution >= 4 is 29.3 Å². The van der Waals surface area contributed by atoms with E-state index in [-0.39, 0.29) is 46.1 Å². The molecule has 0 saturated carbocycles. The van der Waals surface area contributed by atoms with Gasteiger partial charge in [-0.05, 0) is 27.7 Å². The number of nitrogens with zero attached hydrogens (tertiary/aromatic N) is 5. The second-order valence-corrected chi connectivity index (χ2v) is 8.48. The molecule has 3 N–H and O–H groups in total. The maximum atomic E-state index is 13.8. The lowest BCUT2D eigenvalue weighted by molar-refractivity contribution is 0.0688. The van der Waals surface area contributed by atoms with Crippen LogP contribution in [-0.2, 0) is 12.2 Å². The summed E-state index contributed by atoms with van der Waals surface area (Å²) in [4.78, 5) is 29.2. The van der Waals surface area contributed by atoms with Gasteiger partial charge >= 0.3 is 0 Å². The Balaban J connectivity index is 1.94. The number of aliphatic hydroxyl groups is 1. The van der Waals surface area contributed by atoms with Gasteiger partial charge < -0.3 is 15.6 Å². The number of aromatic nitrogens is 4. The highest BCUT2D eigenvalue weighted by Crippen LogP contribution is 2.25. The number of ether oxygens (including phenoxy) is 1. The number of hydrogen-bond acceptors (Lipinski definition) is 8. The molecule has 0 spiro atoms. The fourth-order valence-corrected chi connectivity index (χ4v) is 3.15. The molecule has 0 atom stereocenters. The van der Waals surface area contributed by atoms with Crippen LogP contribution < -0.4 is 16.0 Å². The van der Waals surface area contributed by atoms with Crippen LogP contribution in [0.2, 0.25) is 5.02 Å². The maximum Gasteiger partial charge on any atom is 0.278 e. The summed E-state index contributed by atoms with van der Waals surface area (Å²) < 4.78 is 33.6. The first-order chi connectivity index (χ1) is 16.4. The molecule has 0 amide bonds. The molecule has 0 fully saturated rings. The van der Waals surface area contributed by atoms with E-state index in [1.54, 1.807) is 27.7 Å². The first-order valence-electron chi connectivity index (χ1n) is 10.3. The number of hydrogen-bond donors (Lipinski definition) is 2. The van der Waals surface area contributed by atoms with E-state index in [0.717, 1.165) is 6.20 Å². The van der Waals surface area contributed by atoms with Crippen molar-refractivity contribution in [3.63, 3.8) is 0 Å². The Bertz CT molecular complexity index is 1380. The predicted octanol–water partition coefficient (Wildman–Crippen LogP) is 3.63. The molecule has 3 rings (SSSR count). The number of rotatable bonds is 7. The Morgan fingerprint density at radius 3 is 2.69 bits per heavy atom. The van der Waals surface area contributed by atoms with Crippen molar-refractivity contribution in [1.29, 1.82) is 0 Å². The van der Waals surface area contributed by atoms with Crippen LogP contribution in [0.25, 0.3) is 5.70 Å². The average Bonchev–Trinajstić information content (AvgIpc) is 2.77. The maximum absolute atomic E-state index is 13.8. The van der Waals surface area contributed by atoms with E-state index >= 15 is 0 Å². The van der Waals surface area contributed by atoms with Gasteiger partial charge in [-0.25, -0.2) is 23.7 Å². The van der Waals surface area contributed by atoms with Gasteiger partial charge in [0, 0.05) is 35.8 Å². The van der Waals surface area contributed by atoms with Crippen molar-refractivity contribution in [2.75, 3.05) is 0 Å². The molecule has 3 aromatic heterocycles. The van der Waals surface area contributed by atoms with Crippen molar-refractivity contribution in [2.24, 2.45) is 10.7 Å². The van der Waals surface area contributed by atoms with E-state index < -0.39 is 22.8 Å². The minimum absolute atomic E-state index is 0.00692. The molecule has 0 aliphatic heterocycles. The molecular weight excluding hydrogens is 482 g/mol. The molecule has 0 aliphatic rings. The van der Waals surface area contributed by atoms with Crippen LogP contribution >= 0.6 is 11.6 Å². The van der Waals surface area contributed by atoms with Crippen molar-refractivity contribution in [2.45, 2.75) is 39.9 Å². The highest BCUT2D eigenvalue weighted by molar-refractivity contribution is 6.32. The summed E-state index contributed by atoms with van der Waals surface area (Å²) in [6.45, 7) is 5.92. The number of halogens is 3. The molecule has 0 aromatic carbocycles. The predicted molar refractivity (Wildman–Crippen MR) is 127 cm³/mol. The van der Waals surface area contributed by atoms with E-state index in [1.165, 1.54) is 29.1 Å². The summed E-state index contributed by atoms with van der Waals surface area (Å²) in [5.74, 6) is -1.30. The lowest BCUT2D eigenvalue weighted by atomic mass is 10.1. The summed E-state index contributed by atoms with van der Waals surface area (Å²) in [7, 11) is 0. The lowest BCUT2D eigenvalue weighted by Crippen LogP contribution is -2.25. The number of aryl methyl sites for hydroxylation is 1. The van der Waals surface area contributed by atoms with Gasteiger partial charge in [0.05, 0.1) is 18.1 Å². The number of allylic oxidation sites excluding steroid dienone is 2. The Morgan fingerprint density at radius 1 is 1.34 bits per heavy atom. The highest BCUT2D eigenvalue weighted by Gasteiger charge is 2.20. The third kappa shape index (κ3) is 6.06. The van der Waals surface area contributed by atoms with Gasteiger partial charge in [0.1, 0.15) is 34.5 Å². The van der Waals surface area contributed by atoms with Crippen molar-refractivity contribution < 1.29 is 18.6 Å². The first-order valence-corrected chi connectivity index (χ1v) is 10.7. The van der Waals surface area contributed by atoms with Gasteiger partial charge in [-0.15, -0.1) is 0 Å². The Morgan fingerprint density at radius 2 is 2.06 bits per heavy atom. The summed E-state index contributed by atoms with van der Waals surface area (Å²) in [5, 5.41) is 9.83. The molecule has 3 aromatic rings. The van der Waals surface area contributed by atoms with E-state index in [0.29, 0.717) is 11.8 Å². The molecule has 0 aliphatic carbocycles. The number of pyridine rings is 2. The highest BCUT2D eigenvalue weighted by atomic mass is 35.5. The molecule has 0 radical (unpaired) electrons. The molecule has 12 heteroatoms. The third-order valence-electron chi connectivity index (χ3n) is 4.70. The van der Waals surface area contributed by atoms with E-state index in [9.17, 15) is 18.7 Å². The van der Waals surface area contributed by atoms with Gasteiger partial charge in [0.2, 0.25) is 0 Å². The summed E-state index contributed by atoms with van der Waals surface area (Å²) in [5.41, 5.74) is 4.85. The van der Waals surface area contributed by atoms with Crippen molar-refractivity contribution in [3.8, 4) is 5.75 Å². The van der Waals surface area contributed by atoms with E-state index in [2.05, 4.69) is 19.9 Å². The van der Waals surface area contributed by atoms with Gasteiger partial charge in [-0.2, -0.15) is 0 Å². The smallest absolute Gasteiger partial charge is 0.278 e. The Labute approximate surface area is 204 Å². The fraction of sp³-hybridized carbons (Fsp3) is 0.261. The van der Waals surface area contributed by atoms with E-state index in [1.807, 2.05) is 0 Å². The number of aliphatic imine (C=N–C) groups is 1. The van der Waals surface area contributed by atoms with Crippen LogP contribution in [0.1, 0.15) is 38.0 Å². The lowest BCUT2D eigenvalue weighted by Gasteiger charge is -2.16. The normalized spacial score (nSPS) is 12.7. The standard InChI is InChI=1S/C23H23ClF2N6O3/c1-12-7-18(35-11-16-15(26)8-14(25)9-29-16)20(24)21(33)32(12)17(13(2)27)10-30-19-5-6-28-22(31-19)23(3,4)34/h5-10,34H,11,27H2,1-4H3. The monoisotopic (exact) mass is 504 g/mol. The molecule has 0 bridgehead atoms. The van der Waals surface area contributed by atoms with Gasteiger partial charge in [0.15, 0.2) is 17.5 Å². The largest absolute Gasteiger partial charge is 0.485 e. The minimum Gasteiger partial charge on any atom is -0.485 e. The van der Waals surface area contributed by atoms with E-state index in [4.69, 9.17) is 22.1 Å². The second-order valence-electron chi connectivity index (χ2n) is 8.10. The molecule has 35 heavy (non-hydrogen) atoms. The van der Waals surface area contributed by atoms with Crippen LogP contribution in [0.4, 0.5) is 14.6 Å². The van der Waals surface area contributed by atoms with Gasteiger partial charge in [-0.3, -0.25) is 14.3 Å². The molecular formula is C23H23ClF2N6O3. The minimum atomic E-state index is -1.27. The topological polar surface area (TPSA) is 129 Å². The first kappa shape index (κ1) is 25.9. The molecule has 0 unspecified atom stereocenters. The SMILES string of the molecule is CC(N)=C(C=Nc1ccnc(C(C)(C)O)n1)n1c(C)cc(OCc2ncc(F)cc2F)c(Cl)c1=O. The zero-order valence-electron chi connectivity index (χ0n) is 19.4. The second kappa shape index (κ2) is 10.3. The molecule has 3 heterocycles. The summed E-state index contributed by atoms with van der Waals surface area (Å²) in [6.07, 6.45) is 3.65. The van der Waals surface area contributed by atoms with Crippen LogP contribution in [0.5, 0.6) is 5.75 Å². The molecule has 9 nitrogen and oxygen atoms in total. The van der Waals surface area contributed by atoms with Crippen molar-refractivity contribution in [1.82, 2.24) is 19.5 Å². The van der Waals surface area contributed by atoms with Crippen LogP contribution in [0, 0.1) is 18.6 Å². The quantitative estimate of drug-likeness (QED) is 0.470. The van der Waals surface area contributed by atoms with Gasteiger partial charge in [0.25, 0.3) is 5.56 Å². The van der Waals surface area contributed by atoms with Crippen LogP contribution in [0.15, 0.2) is 46.1 Å². The van der Waals surface area contributed by atoms with Gasteiger partial charge in [-0.1, -0.05) is 11.6 Å². The summed E-state index contributed by atoms with van der Waals surface area (Å²) in [6, 6.07) is 3.68. The fourth-order valence-electron chi connectivity index (χ4n) is 2.96. The van der Waals surface area contributed by atoms with Crippen LogP contribution in [0.3, 0.4) is 0 Å². The number of nitrogens with two attached hydrogens (primary N) is 1. The molecule has 0 saturated heterocycles. The zero-order valence-corrected chi connectivity index (χ0v) is 20.1. The van der Waals surface area contributed by atoms with Crippen LogP contribution in [-0.4, -0.2) is 30.8 Å². The summed E-state index contributed by atoms with van der Waals surface area (Å²) >= 11 is 6.25. The molecule has 184 valence electrons. The average molecular weight is 505 g/mol. The Hall–Kier alpha value is -3.70. The van der Waals surface area contributed by atoms with Crippen molar-refractivity contribution in [3.05, 3.63) is 80.5 Å².